The molecule has 1 aliphatic heterocycles. The maximum atomic E-state index is 8.48. The monoisotopic (exact) mass is 316 g/mol. The van der Waals surface area contributed by atoms with Gasteiger partial charge in [-0.3, -0.25) is 4.90 Å². The van der Waals surface area contributed by atoms with Gasteiger partial charge in [0, 0.05) is 43.6 Å². The fourth-order valence-corrected chi connectivity index (χ4v) is 3.98. The zero-order valence-corrected chi connectivity index (χ0v) is 14.0. The van der Waals surface area contributed by atoms with Crippen LogP contribution < -0.4 is 10.2 Å². The zero-order chi connectivity index (χ0) is 16.1. The number of aryl methyl sites for hydroxylation is 1. The fraction of sp³-hybridized carbons (Fsp3) is 0.611. The lowest BCUT2D eigenvalue weighted by Crippen LogP contribution is -2.51. The van der Waals surface area contributed by atoms with Gasteiger partial charge in [0.15, 0.2) is 0 Å². The normalized spacial score (nSPS) is 21.0. The number of nitrogens with one attached hydrogen (secondary N) is 1. The Morgan fingerprint density at radius 2 is 1.87 bits per heavy atom. The Morgan fingerprint density at radius 3 is 2.52 bits per heavy atom. The van der Waals surface area contributed by atoms with E-state index in [-0.39, 0.29) is 0 Å². The molecule has 1 aliphatic carbocycles. The molecule has 5 heteroatoms. The van der Waals surface area contributed by atoms with E-state index in [4.69, 9.17) is 5.21 Å². The topological polar surface area (TPSA) is 51.1 Å². The minimum atomic E-state index is 0.830. The van der Waals surface area contributed by atoms with E-state index in [9.17, 15) is 0 Å². The molecule has 1 saturated carbocycles. The molecule has 0 radical (unpaired) electrons. The van der Waals surface area contributed by atoms with Crippen molar-refractivity contribution in [2.24, 2.45) is 5.16 Å². The molecule has 1 aromatic carbocycles. The molecule has 0 bridgehead atoms. The summed E-state index contributed by atoms with van der Waals surface area (Å²) >= 11 is 0. The molecule has 1 heterocycles. The van der Waals surface area contributed by atoms with E-state index in [2.05, 4.69) is 39.3 Å². The minimum Gasteiger partial charge on any atom is -0.410 e. The van der Waals surface area contributed by atoms with Crippen molar-refractivity contribution >= 4 is 17.7 Å². The van der Waals surface area contributed by atoms with Crippen molar-refractivity contribution in [3.63, 3.8) is 0 Å². The highest BCUT2D eigenvalue weighted by Crippen LogP contribution is 2.27. The Labute approximate surface area is 139 Å². The van der Waals surface area contributed by atoms with Crippen LogP contribution in [0, 0.1) is 6.92 Å². The molecule has 5 nitrogen and oxygen atoms in total. The van der Waals surface area contributed by atoms with Crippen LogP contribution in [0.25, 0.3) is 0 Å². The Bertz CT molecular complexity index is 532. The lowest BCUT2D eigenvalue weighted by Gasteiger charge is -2.42. The van der Waals surface area contributed by atoms with E-state index >= 15 is 0 Å². The van der Waals surface area contributed by atoms with Crippen molar-refractivity contribution in [2.75, 3.05) is 36.4 Å². The van der Waals surface area contributed by atoms with Crippen LogP contribution in [0.15, 0.2) is 23.4 Å². The summed E-state index contributed by atoms with van der Waals surface area (Å²) in [6.07, 6.45) is 8.33. The molecule has 126 valence electrons. The largest absolute Gasteiger partial charge is 0.410 e. The Morgan fingerprint density at radius 1 is 1.13 bits per heavy atom. The molecule has 2 aliphatic rings. The Hall–Kier alpha value is -1.75. The van der Waals surface area contributed by atoms with E-state index in [0.717, 1.165) is 24.8 Å². The molecule has 0 atom stereocenters. The maximum Gasteiger partial charge on any atom is 0.132 e. The number of benzene rings is 1. The molecule has 0 unspecified atom stereocenters. The number of nitrogens with zero attached hydrogens (tertiary/aromatic N) is 3. The molecule has 23 heavy (non-hydrogen) atoms. The highest BCUT2D eigenvalue weighted by Gasteiger charge is 2.25. The third kappa shape index (κ3) is 3.96. The van der Waals surface area contributed by atoms with Crippen LogP contribution >= 0.6 is 0 Å². The van der Waals surface area contributed by atoms with Crippen LogP contribution in [0.1, 0.15) is 37.7 Å². The second-order valence-electron chi connectivity index (χ2n) is 6.71. The van der Waals surface area contributed by atoms with E-state index in [1.165, 1.54) is 62.8 Å². The van der Waals surface area contributed by atoms with Gasteiger partial charge in [0.2, 0.25) is 0 Å². The quantitative estimate of drug-likeness (QED) is 0.387. The van der Waals surface area contributed by atoms with Crippen LogP contribution in [0.5, 0.6) is 0 Å². The first-order chi connectivity index (χ1) is 11.3. The van der Waals surface area contributed by atoms with Gasteiger partial charge in [-0.15, -0.1) is 0 Å². The van der Waals surface area contributed by atoms with Gasteiger partial charge in [-0.25, -0.2) is 0 Å². The van der Waals surface area contributed by atoms with Gasteiger partial charge in [-0.05, 0) is 43.5 Å². The molecule has 1 saturated heterocycles. The third-order valence-corrected chi connectivity index (χ3v) is 5.23. The van der Waals surface area contributed by atoms with Crippen LogP contribution in [0.2, 0.25) is 0 Å². The number of hydrogen-bond donors (Lipinski definition) is 2. The van der Waals surface area contributed by atoms with Crippen molar-refractivity contribution in [1.82, 2.24) is 4.90 Å². The summed E-state index contributed by atoms with van der Waals surface area (Å²) in [6.45, 7) is 6.73. The van der Waals surface area contributed by atoms with E-state index in [1.54, 1.807) is 0 Å². The van der Waals surface area contributed by atoms with E-state index in [1.807, 2.05) is 6.07 Å². The highest BCUT2D eigenvalue weighted by atomic mass is 16.4. The summed E-state index contributed by atoms with van der Waals surface area (Å²) < 4.78 is 0. The van der Waals surface area contributed by atoms with Crippen LogP contribution in [0.4, 0.5) is 11.4 Å². The molecule has 2 fully saturated rings. The summed E-state index contributed by atoms with van der Waals surface area (Å²) in [7, 11) is 0. The third-order valence-electron chi connectivity index (χ3n) is 5.23. The van der Waals surface area contributed by atoms with Crippen LogP contribution in [0.3, 0.4) is 0 Å². The second-order valence-corrected chi connectivity index (χ2v) is 6.71. The number of piperazine rings is 1. The molecule has 0 amide bonds. The lowest BCUT2D eigenvalue weighted by molar-refractivity contribution is 0.148. The van der Waals surface area contributed by atoms with Gasteiger partial charge >= 0.3 is 0 Å². The van der Waals surface area contributed by atoms with Crippen molar-refractivity contribution in [3.05, 3.63) is 23.8 Å². The molecular formula is C18H28N4O. The first kappa shape index (κ1) is 16.1. The highest BCUT2D eigenvalue weighted by molar-refractivity contribution is 5.76. The number of hydrogen-bond acceptors (Lipinski definition) is 4. The first-order valence-electron chi connectivity index (χ1n) is 8.80. The number of anilines is 2. The number of oxime groups is 1. The Balaban J connectivity index is 1.58. The predicted octanol–water partition coefficient (Wildman–Crippen LogP) is 3.28. The standard InChI is InChI=1S/C18H28N4O/c1-15-13-16(19-14-20-23)7-8-18(15)22-11-9-21(10-12-22)17-5-3-2-4-6-17/h7-8,13-14,17,23H,2-6,9-12H2,1H3,(H,19,20). The summed E-state index contributed by atoms with van der Waals surface area (Å²) in [6, 6.07) is 7.14. The van der Waals surface area contributed by atoms with Crippen molar-refractivity contribution in [2.45, 2.75) is 45.1 Å². The van der Waals surface area contributed by atoms with Crippen LogP contribution in [-0.2, 0) is 0 Å². The van der Waals surface area contributed by atoms with Crippen molar-refractivity contribution < 1.29 is 5.21 Å². The fourth-order valence-electron chi connectivity index (χ4n) is 3.98. The lowest BCUT2D eigenvalue weighted by atomic mass is 9.94. The van der Waals surface area contributed by atoms with Gasteiger partial charge in [-0.1, -0.05) is 24.4 Å². The second kappa shape index (κ2) is 7.68. The minimum absolute atomic E-state index is 0.830. The number of rotatable bonds is 4. The molecular weight excluding hydrogens is 288 g/mol. The van der Waals surface area contributed by atoms with Gasteiger partial charge in [0.1, 0.15) is 6.34 Å². The van der Waals surface area contributed by atoms with Crippen molar-refractivity contribution in [1.29, 1.82) is 0 Å². The summed E-state index contributed by atoms with van der Waals surface area (Å²) in [4.78, 5) is 5.21. The average molecular weight is 316 g/mol. The smallest absolute Gasteiger partial charge is 0.132 e. The molecule has 3 rings (SSSR count). The van der Waals surface area contributed by atoms with E-state index < -0.39 is 0 Å². The molecule has 1 aromatic rings. The molecule has 0 aromatic heterocycles. The Kier molecular flexibility index (Phi) is 5.39. The predicted molar refractivity (Wildman–Crippen MR) is 95.7 cm³/mol. The summed E-state index contributed by atoms with van der Waals surface area (Å²) in [5.41, 5.74) is 3.53. The van der Waals surface area contributed by atoms with Gasteiger partial charge in [-0.2, -0.15) is 0 Å². The maximum absolute atomic E-state index is 8.48. The van der Waals surface area contributed by atoms with Gasteiger partial charge < -0.3 is 15.4 Å². The van der Waals surface area contributed by atoms with E-state index in [0.29, 0.717) is 0 Å². The van der Waals surface area contributed by atoms with Crippen molar-refractivity contribution in [3.8, 4) is 0 Å². The van der Waals surface area contributed by atoms with Gasteiger partial charge in [0.25, 0.3) is 0 Å². The zero-order valence-electron chi connectivity index (χ0n) is 14.0. The van der Waals surface area contributed by atoms with Crippen LogP contribution in [-0.4, -0.2) is 48.7 Å². The SMILES string of the molecule is Cc1cc(N/C=N/O)ccc1N1CCN(C2CCCCC2)CC1. The summed E-state index contributed by atoms with van der Waals surface area (Å²) in [5, 5.41) is 14.4. The molecule has 2 N–H and O–H groups in total. The van der Waals surface area contributed by atoms with Gasteiger partial charge in [0.05, 0.1) is 0 Å². The average Bonchev–Trinajstić information content (AvgIpc) is 2.61. The molecule has 0 spiro atoms. The first-order valence-corrected chi connectivity index (χ1v) is 8.80. The summed E-state index contributed by atoms with van der Waals surface area (Å²) in [5.74, 6) is 0.